The van der Waals surface area contributed by atoms with Crippen LogP contribution in [0.15, 0.2) is 59.0 Å². The molecule has 27 heavy (non-hydrogen) atoms. The summed E-state index contributed by atoms with van der Waals surface area (Å²) in [4.78, 5) is 16.5. The second-order valence-electron chi connectivity index (χ2n) is 5.97. The molecular formula is C20H17F3N2O2. The maximum absolute atomic E-state index is 12.6. The topological polar surface area (TPSA) is 55.1 Å². The number of halogens is 3. The summed E-state index contributed by atoms with van der Waals surface area (Å²) in [5.41, 5.74) is 0.970. The first-order chi connectivity index (χ1) is 12.8. The Labute approximate surface area is 154 Å². The highest BCUT2D eigenvalue weighted by Crippen LogP contribution is 2.29. The number of alkyl halides is 3. The first-order valence-electron chi connectivity index (χ1n) is 8.32. The van der Waals surface area contributed by atoms with E-state index < -0.39 is 17.6 Å². The first-order valence-corrected chi connectivity index (χ1v) is 8.32. The number of carbonyl (C=O) groups excluding carboxylic acids is 1. The van der Waals surface area contributed by atoms with Gasteiger partial charge in [-0.25, -0.2) is 4.98 Å². The van der Waals surface area contributed by atoms with Gasteiger partial charge in [0.15, 0.2) is 0 Å². The van der Waals surface area contributed by atoms with Gasteiger partial charge in [0.2, 0.25) is 5.89 Å². The Morgan fingerprint density at radius 3 is 2.37 bits per heavy atom. The van der Waals surface area contributed by atoms with Crippen molar-refractivity contribution >= 4 is 5.91 Å². The summed E-state index contributed by atoms with van der Waals surface area (Å²) < 4.78 is 43.3. The molecule has 0 saturated carbocycles. The van der Waals surface area contributed by atoms with Gasteiger partial charge in [0.1, 0.15) is 5.76 Å². The van der Waals surface area contributed by atoms with E-state index >= 15 is 0 Å². The molecule has 1 amide bonds. The molecule has 0 radical (unpaired) electrons. The van der Waals surface area contributed by atoms with Crippen LogP contribution in [0.3, 0.4) is 0 Å². The molecule has 7 heteroatoms. The number of carbonyl (C=O) groups is 1. The number of benzene rings is 2. The molecule has 1 heterocycles. The standard InChI is InChI=1S/C20H17F3N2O2/c1-13-17(25-19(27-13)15-5-3-2-4-6-15)11-12-24-18(26)14-7-9-16(10-8-14)20(21,22)23/h2-10H,11-12H2,1H3,(H,24,26). The number of rotatable bonds is 5. The summed E-state index contributed by atoms with van der Waals surface area (Å²) in [6.45, 7) is 2.09. The molecule has 0 fully saturated rings. The van der Waals surface area contributed by atoms with Gasteiger partial charge >= 0.3 is 6.18 Å². The Morgan fingerprint density at radius 1 is 1.07 bits per heavy atom. The quantitative estimate of drug-likeness (QED) is 0.708. The summed E-state index contributed by atoms with van der Waals surface area (Å²) in [5.74, 6) is 0.739. The molecule has 140 valence electrons. The molecule has 1 N–H and O–H groups in total. The molecule has 3 rings (SSSR count). The molecule has 0 atom stereocenters. The Balaban J connectivity index is 1.58. The summed E-state index contributed by atoms with van der Waals surface area (Å²) >= 11 is 0. The minimum Gasteiger partial charge on any atom is -0.441 e. The van der Waals surface area contributed by atoms with Crippen LogP contribution in [0, 0.1) is 6.92 Å². The Morgan fingerprint density at radius 2 is 1.74 bits per heavy atom. The third-order valence-corrected chi connectivity index (χ3v) is 4.04. The fraction of sp³-hybridized carbons (Fsp3) is 0.200. The number of hydrogen-bond donors (Lipinski definition) is 1. The predicted molar refractivity (Wildman–Crippen MR) is 94.2 cm³/mol. The molecule has 1 aromatic heterocycles. The van der Waals surface area contributed by atoms with Crippen LogP contribution >= 0.6 is 0 Å². The van der Waals surface area contributed by atoms with Gasteiger partial charge in [0, 0.05) is 24.1 Å². The lowest BCUT2D eigenvalue weighted by Gasteiger charge is -2.08. The van der Waals surface area contributed by atoms with Gasteiger partial charge in [-0.3, -0.25) is 4.79 Å². The minimum atomic E-state index is -4.42. The zero-order valence-corrected chi connectivity index (χ0v) is 14.5. The Kier molecular flexibility index (Phi) is 5.30. The smallest absolute Gasteiger partial charge is 0.416 e. The van der Waals surface area contributed by atoms with Gasteiger partial charge in [0.25, 0.3) is 5.91 Å². The van der Waals surface area contributed by atoms with Crippen LogP contribution in [-0.4, -0.2) is 17.4 Å². The molecule has 4 nitrogen and oxygen atoms in total. The van der Waals surface area contributed by atoms with E-state index in [1.807, 2.05) is 30.3 Å². The summed E-state index contributed by atoms with van der Waals surface area (Å²) in [7, 11) is 0. The lowest BCUT2D eigenvalue weighted by molar-refractivity contribution is -0.137. The number of aryl methyl sites for hydroxylation is 1. The Hall–Kier alpha value is -3.09. The molecule has 2 aromatic carbocycles. The number of oxazole rings is 1. The fourth-order valence-corrected chi connectivity index (χ4v) is 2.57. The molecule has 3 aromatic rings. The van der Waals surface area contributed by atoms with E-state index in [4.69, 9.17) is 4.42 Å². The Bertz CT molecular complexity index is 917. The lowest BCUT2D eigenvalue weighted by atomic mass is 10.1. The third kappa shape index (κ3) is 4.55. The summed E-state index contributed by atoms with van der Waals surface area (Å²) in [6.07, 6.45) is -3.97. The second-order valence-corrected chi connectivity index (χ2v) is 5.97. The van der Waals surface area contributed by atoms with Crippen LogP contribution in [0.1, 0.15) is 27.4 Å². The summed E-state index contributed by atoms with van der Waals surface area (Å²) in [6, 6.07) is 13.6. The van der Waals surface area contributed by atoms with Crippen molar-refractivity contribution in [2.75, 3.05) is 6.54 Å². The molecule has 0 saturated heterocycles. The molecule has 0 aliphatic rings. The average molecular weight is 374 g/mol. The molecular weight excluding hydrogens is 357 g/mol. The van der Waals surface area contributed by atoms with Crippen LogP contribution < -0.4 is 5.32 Å². The molecule has 0 aliphatic carbocycles. The van der Waals surface area contributed by atoms with Crippen molar-refractivity contribution in [3.8, 4) is 11.5 Å². The zero-order valence-electron chi connectivity index (χ0n) is 14.5. The van der Waals surface area contributed by atoms with Gasteiger partial charge in [-0.1, -0.05) is 18.2 Å². The number of nitrogens with one attached hydrogen (secondary N) is 1. The van der Waals surface area contributed by atoms with Crippen LogP contribution in [-0.2, 0) is 12.6 Å². The largest absolute Gasteiger partial charge is 0.441 e. The number of hydrogen-bond acceptors (Lipinski definition) is 3. The fourth-order valence-electron chi connectivity index (χ4n) is 2.57. The molecule has 0 aliphatic heterocycles. The summed E-state index contributed by atoms with van der Waals surface area (Å²) in [5, 5.41) is 2.68. The van der Waals surface area contributed by atoms with Crippen LogP contribution in [0.25, 0.3) is 11.5 Å². The molecule has 0 unspecified atom stereocenters. The number of aromatic nitrogens is 1. The van der Waals surface area contributed by atoms with E-state index in [0.717, 1.165) is 35.5 Å². The highest BCUT2D eigenvalue weighted by atomic mass is 19.4. The van der Waals surface area contributed by atoms with E-state index in [1.54, 1.807) is 6.92 Å². The van der Waals surface area contributed by atoms with Crippen LogP contribution in [0.4, 0.5) is 13.2 Å². The predicted octanol–water partition coefficient (Wildman–Crippen LogP) is 4.64. The van der Waals surface area contributed by atoms with Crippen molar-refractivity contribution in [3.63, 3.8) is 0 Å². The monoisotopic (exact) mass is 374 g/mol. The van der Waals surface area contributed by atoms with Crippen molar-refractivity contribution in [2.45, 2.75) is 19.5 Å². The normalized spacial score (nSPS) is 11.4. The van der Waals surface area contributed by atoms with Gasteiger partial charge < -0.3 is 9.73 Å². The average Bonchev–Trinajstić information content (AvgIpc) is 3.02. The van der Waals surface area contributed by atoms with Gasteiger partial charge in [0.05, 0.1) is 11.3 Å². The van der Waals surface area contributed by atoms with Crippen molar-refractivity contribution < 1.29 is 22.4 Å². The molecule has 0 bridgehead atoms. The van der Waals surface area contributed by atoms with E-state index in [0.29, 0.717) is 24.6 Å². The first kappa shape index (κ1) is 18.7. The van der Waals surface area contributed by atoms with Gasteiger partial charge in [-0.05, 0) is 43.3 Å². The van der Waals surface area contributed by atoms with Crippen LogP contribution in [0.2, 0.25) is 0 Å². The van der Waals surface area contributed by atoms with E-state index in [2.05, 4.69) is 10.3 Å². The van der Waals surface area contributed by atoms with Crippen molar-refractivity contribution in [2.24, 2.45) is 0 Å². The van der Waals surface area contributed by atoms with Gasteiger partial charge in [-0.15, -0.1) is 0 Å². The second kappa shape index (κ2) is 7.65. The van der Waals surface area contributed by atoms with Crippen molar-refractivity contribution in [1.82, 2.24) is 10.3 Å². The van der Waals surface area contributed by atoms with E-state index in [1.165, 1.54) is 0 Å². The van der Waals surface area contributed by atoms with Gasteiger partial charge in [-0.2, -0.15) is 13.2 Å². The van der Waals surface area contributed by atoms with E-state index in [9.17, 15) is 18.0 Å². The SMILES string of the molecule is Cc1oc(-c2ccccc2)nc1CCNC(=O)c1ccc(C(F)(F)F)cc1. The number of nitrogens with zero attached hydrogens (tertiary/aromatic N) is 1. The highest BCUT2D eigenvalue weighted by Gasteiger charge is 2.30. The van der Waals surface area contributed by atoms with Crippen molar-refractivity contribution in [3.05, 3.63) is 77.2 Å². The minimum absolute atomic E-state index is 0.171. The zero-order chi connectivity index (χ0) is 19.4. The lowest BCUT2D eigenvalue weighted by Crippen LogP contribution is -2.26. The van der Waals surface area contributed by atoms with Crippen molar-refractivity contribution in [1.29, 1.82) is 0 Å². The maximum Gasteiger partial charge on any atom is 0.416 e. The molecule has 0 spiro atoms. The van der Waals surface area contributed by atoms with Crippen LogP contribution in [0.5, 0.6) is 0 Å². The third-order valence-electron chi connectivity index (χ3n) is 4.04. The maximum atomic E-state index is 12.6. The number of amides is 1. The highest BCUT2D eigenvalue weighted by molar-refractivity contribution is 5.94. The van der Waals surface area contributed by atoms with E-state index in [-0.39, 0.29) is 5.56 Å².